The summed E-state index contributed by atoms with van der Waals surface area (Å²) in [4.78, 5) is 33.5. The molecule has 2 heterocycles. The molecule has 156 valence electrons. The number of nitrogens with zero attached hydrogens (tertiary/aromatic N) is 2. The number of anilines is 1. The number of hydrogen-bond donors (Lipinski definition) is 1. The Labute approximate surface area is 178 Å². The molecule has 1 saturated carbocycles. The molecule has 2 aliphatic rings. The van der Waals surface area contributed by atoms with Gasteiger partial charge in [-0.05, 0) is 68.5 Å². The van der Waals surface area contributed by atoms with Gasteiger partial charge in [0, 0.05) is 24.0 Å². The topological polar surface area (TPSA) is 62.3 Å². The molecule has 1 aromatic carbocycles. The molecule has 5 nitrogen and oxygen atoms in total. The highest BCUT2D eigenvalue weighted by Gasteiger charge is 2.55. The second-order valence-corrected chi connectivity index (χ2v) is 8.52. The van der Waals surface area contributed by atoms with Crippen molar-refractivity contribution in [2.75, 3.05) is 4.90 Å². The summed E-state index contributed by atoms with van der Waals surface area (Å²) in [6.45, 7) is 5.82. The summed E-state index contributed by atoms with van der Waals surface area (Å²) in [7, 11) is 0. The number of aromatic nitrogens is 1. The van der Waals surface area contributed by atoms with Gasteiger partial charge in [0.15, 0.2) is 5.54 Å². The Balaban J connectivity index is 1.88. The fourth-order valence-electron chi connectivity index (χ4n) is 4.78. The van der Waals surface area contributed by atoms with E-state index in [4.69, 9.17) is 0 Å². The van der Waals surface area contributed by atoms with Gasteiger partial charge >= 0.3 is 0 Å². The van der Waals surface area contributed by atoms with E-state index in [1.807, 2.05) is 57.2 Å². The molecule has 0 saturated heterocycles. The Bertz CT molecular complexity index is 993. The van der Waals surface area contributed by atoms with Crippen LogP contribution in [0.15, 0.2) is 54.2 Å². The van der Waals surface area contributed by atoms with Gasteiger partial charge in [-0.25, -0.2) is 0 Å². The molecule has 2 aromatic rings. The third kappa shape index (κ3) is 3.32. The molecule has 1 aliphatic carbocycles. The fraction of sp³-hybridized carbons (Fsp3) is 0.400. The minimum atomic E-state index is -1.28. The summed E-state index contributed by atoms with van der Waals surface area (Å²) < 4.78 is 0. The van der Waals surface area contributed by atoms with Crippen molar-refractivity contribution in [1.82, 2.24) is 10.3 Å². The SMILES string of the molecule is CC1=CC(=O)N(c2cc(C)ccc2C)C1(C(=O)NC1CCCCC1)c1ccccn1. The van der Waals surface area contributed by atoms with Crippen molar-refractivity contribution in [3.8, 4) is 0 Å². The van der Waals surface area contributed by atoms with Gasteiger partial charge in [-0.2, -0.15) is 0 Å². The van der Waals surface area contributed by atoms with Crippen LogP contribution in [0.25, 0.3) is 0 Å². The van der Waals surface area contributed by atoms with E-state index in [1.165, 1.54) is 6.42 Å². The minimum absolute atomic E-state index is 0.135. The lowest BCUT2D eigenvalue weighted by atomic mass is 9.84. The first-order valence-electron chi connectivity index (χ1n) is 10.8. The van der Waals surface area contributed by atoms with Crippen molar-refractivity contribution in [3.63, 3.8) is 0 Å². The van der Waals surface area contributed by atoms with Crippen molar-refractivity contribution in [1.29, 1.82) is 0 Å². The maximum atomic E-state index is 14.0. The number of benzene rings is 1. The smallest absolute Gasteiger partial charge is 0.257 e. The first-order chi connectivity index (χ1) is 14.4. The molecule has 0 radical (unpaired) electrons. The van der Waals surface area contributed by atoms with Gasteiger partial charge in [0.05, 0.1) is 5.69 Å². The van der Waals surface area contributed by atoms with Crippen molar-refractivity contribution in [2.24, 2.45) is 0 Å². The van der Waals surface area contributed by atoms with Gasteiger partial charge in [0.1, 0.15) is 0 Å². The third-order valence-corrected chi connectivity index (χ3v) is 6.38. The predicted octanol–water partition coefficient (Wildman–Crippen LogP) is 4.34. The van der Waals surface area contributed by atoms with Crippen molar-refractivity contribution in [2.45, 2.75) is 64.5 Å². The van der Waals surface area contributed by atoms with Gasteiger partial charge in [-0.1, -0.05) is 37.5 Å². The van der Waals surface area contributed by atoms with Gasteiger partial charge in [-0.15, -0.1) is 0 Å². The quantitative estimate of drug-likeness (QED) is 0.826. The summed E-state index contributed by atoms with van der Waals surface area (Å²) in [5, 5.41) is 3.27. The maximum absolute atomic E-state index is 14.0. The maximum Gasteiger partial charge on any atom is 0.257 e. The molecule has 1 aromatic heterocycles. The molecule has 0 bridgehead atoms. The van der Waals surface area contributed by atoms with E-state index >= 15 is 0 Å². The predicted molar refractivity (Wildman–Crippen MR) is 118 cm³/mol. The van der Waals surface area contributed by atoms with Crippen LogP contribution in [0.3, 0.4) is 0 Å². The normalized spacial score (nSPS) is 22.2. The second-order valence-electron chi connectivity index (χ2n) is 8.52. The molecule has 1 N–H and O–H groups in total. The van der Waals surface area contributed by atoms with E-state index in [0.717, 1.165) is 42.5 Å². The molecular weight excluding hydrogens is 374 g/mol. The second kappa shape index (κ2) is 8.05. The molecule has 0 spiro atoms. The fourth-order valence-corrected chi connectivity index (χ4v) is 4.78. The van der Waals surface area contributed by atoms with Crippen LogP contribution in [0.2, 0.25) is 0 Å². The number of amides is 2. The molecule has 4 rings (SSSR count). The number of carbonyl (C=O) groups is 2. The van der Waals surface area contributed by atoms with E-state index in [9.17, 15) is 9.59 Å². The van der Waals surface area contributed by atoms with Gasteiger partial charge in [-0.3, -0.25) is 19.5 Å². The summed E-state index contributed by atoms with van der Waals surface area (Å²) in [6, 6.07) is 11.7. The van der Waals surface area contributed by atoms with Crippen LogP contribution < -0.4 is 10.2 Å². The lowest BCUT2D eigenvalue weighted by Gasteiger charge is -2.40. The molecule has 1 unspecified atom stereocenters. The summed E-state index contributed by atoms with van der Waals surface area (Å²) in [6.07, 6.45) is 8.67. The van der Waals surface area contributed by atoms with Crippen LogP contribution >= 0.6 is 0 Å². The summed E-state index contributed by atoms with van der Waals surface area (Å²) >= 11 is 0. The highest BCUT2D eigenvalue weighted by atomic mass is 16.2. The number of aryl methyl sites for hydroxylation is 2. The Kier molecular flexibility index (Phi) is 5.46. The first-order valence-corrected chi connectivity index (χ1v) is 10.8. The van der Waals surface area contributed by atoms with Crippen LogP contribution in [0.4, 0.5) is 5.69 Å². The molecule has 1 fully saturated rings. The number of carbonyl (C=O) groups excluding carboxylic acids is 2. The third-order valence-electron chi connectivity index (χ3n) is 6.38. The number of pyridine rings is 1. The number of nitrogens with one attached hydrogen (secondary N) is 1. The largest absolute Gasteiger partial charge is 0.351 e. The van der Waals surface area contributed by atoms with Crippen LogP contribution in [-0.2, 0) is 15.1 Å². The highest BCUT2D eigenvalue weighted by Crippen LogP contribution is 2.44. The Morgan fingerprint density at radius 2 is 1.87 bits per heavy atom. The lowest BCUT2D eigenvalue weighted by Crippen LogP contribution is -2.58. The van der Waals surface area contributed by atoms with Crippen LogP contribution in [-0.4, -0.2) is 22.8 Å². The molecule has 1 aliphatic heterocycles. The standard InChI is InChI=1S/C25H29N3O2/c1-17-12-13-18(2)21(15-17)28-23(29)16-19(3)25(28,22-11-7-8-14-26-22)24(30)27-20-9-5-4-6-10-20/h7-8,11-16,20H,4-6,9-10H2,1-3H3,(H,27,30). The van der Waals surface area contributed by atoms with Crippen LogP contribution in [0.1, 0.15) is 55.8 Å². The van der Waals surface area contributed by atoms with Crippen LogP contribution in [0, 0.1) is 13.8 Å². The van der Waals surface area contributed by atoms with E-state index in [-0.39, 0.29) is 17.9 Å². The average Bonchev–Trinajstić information content (AvgIpc) is 3.01. The van der Waals surface area contributed by atoms with Gasteiger partial charge in [0.2, 0.25) is 0 Å². The van der Waals surface area contributed by atoms with Crippen molar-refractivity contribution >= 4 is 17.5 Å². The number of hydrogen-bond acceptors (Lipinski definition) is 3. The summed E-state index contributed by atoms with van der Waals surface area (Å²) in [5.41, 5.74) is 2.71. The zero-order chi connectivity index (χ0) is 21.3. The highest BCUT2D eigenvalue weighted by molar-refractivity contribution is 6.15. The van der Waals surface area contributed by atoms with Gasteiger partial charge < -0.3 is 5.32 Å². The van der Waals surface area contributed by atoms with E-state index in [1.54, 1.807) is 17.2 Å². The molecule has 2 amide bonds. The van der Waals surface area contributed by atoms with Crippen molar-refractivity contribution in [3.05, 3.63) is 71.1 Å². The van der Waals surface area contributed by atoms with Crippen molar-refractivity contribution < 1.29 is 9.59 Å². The monoisotopic (exact) mass is 403 g/mol. The van der Waals surface area contributed by atoms with Gasteiger partial charge in [0.25, 0.3) is 11.8 Å². The van der Waals surface area contributed by atoms with E-state index in [0.29, 0.717) is 11.3 Å². The minimum Gasteiger partial charge on any atom is -0.351 e. The van der Waals surface area contributed by atoms with Crippen LogP contribution in [0.5, 0.6) is 0 Å². The Morgan fingerprint density at radius 1 is 1.10 bits per heavy atom. The molecule has 30 heavy (non-hydrogen) atoms. The number of rotatable bonds is 4. The Hall–Kier alpha value is -2.95. The zero-order valence-corrected chi connectivity index (χ0v) is 17.9. The molecule has 5 heteroatoms. The Morgan fingerprint density at radius 3 is 2.57 bits per heavy atom. The average molecular weight is 404 g/mol. The molecule has 1 atom stereocenters. The summed E-state index contributed by atoms with van der Waals surface area (Å²) in [5.74, 6) is -0.362. The lowest BCUT2D eigenvalue weighted by molar-refractivity contribution is -0.128. The molecular formula is C25H29N3O2. The van der Waals surface area contributed by atoms with E-state index < -0.39 is 5.54 Å². The zero-order valence-electron chi connectivity index (χ0n) is 17.9. The van der Waals surface area contributed by atoms with E-state index in [2.05, 4.69) is 10.3 Å². The first kappa shape index (κ1) is 20.3.